The van der Waals surface area contributed by atoms with Crippen molar-refractivity contribution in [3.8, 4) is 24.3 Å². The number of hydrogen-bond donors (Lipinski definition) is 2. The van der Waals surface area contributed by atoms with Gasteiger partial charge in [-0.1, -0.05) is 27.7 Å². The van der Waals surface area contributed by atoms with Gasteiger partial charge in [0, 0.05) is 0 Å². The minimum atomic E-state index is -1.35. The molecule has 10 heteroatoms. The highest BCUT2D eigenvalue weighted by atomic mass is 16.3. The number of hydrogen-bond acceptors (Lipinski definition) is 10. The zero-order valence-corrected chi connectivity index (χ0v) is 20.5. The van der Waals surface area contributed by atoms with Crippen LogP contribution in [0.1, 0.15) is 68.2 Å². The van der Waals surface area contributed by atoms with Gasteiger partial charge < -0.3 is 10.2 Å². The van der Waals surface area contributed by atoms with E-state index in [4.69, 9.17) is 20.7 Å². The predicted molar refractivity (Wildman–Crippen MR) is 119 cm³/mol. The Morgan fingerprint density at radius 2 is 0.781 bits per heavy atom. The van der Waals surface area contributed by atoms with Gasteiger partial charge in [0.2, 0.25) is 0 Å². The molecule has 0 aliphatic heterocycles. The smallest absolute Gasteiger partial charge is 0.187 e. The maximum Gasteiger partial charge on any atom is 0.187 e. The van der Waals surface area contributed by atoms with Gasteiger partial charge in [0.05, 0.1) is 37.5 Å². The van der Waals surface area contributed by atoms with Crippen LogP contribution in [-0.2, 0) is 0 Å². The first-order valence-electron chi connectivity index (χ1n) is 10.4. The maximum absolute atomic E-state index is 9.20. The molecule has 0 aliphatic rings. The molecule has 2 N–H and O–H groups in total. The van der Waals surface area contributed by atoms with E-state index in [0.29, 0.717) is 24.7 Å². The molecule has 0 aromatic rings. The lowest BCUT2D eigenvalue weighted by Crippen LogP contribution is -2.28. The molecule has 0 rings (SSSR count). The topological polar surface area (TPSA) is 185 Å². The van der Waals surface area contributed by atoms with Crippen molar-refractivity contribution in [1.29, 1.82) is 21.0 Å². The Bertz CT molecular complexity index is 748. The van der Waals surface area contributed by atoms with Crippen molar-refractivity contribution in [3.05, 3.63) is 0 Å². The average Bonchev–Trinajstić information content (AvgIpc) is 2.75. The molecule has 0 saturated heterocycles. The molecular weight excluding hydrogens is 408 g/mol. The fraction of sp³-hybridized carbons (Fsp3) is 0.818. The first-order valence-corrected chi connectivity index (χ1v) is 10.4. The van der Waals surface area contributed by atoms with Crippen LogP contribution in [-0.4, -0.2) is 45.6 Å². The summed E-state index contributed by atoms with van der Waals surface area (Å²) in [5, 5.41) is 68.6. The number of azo groups is 2. The summed E-state index contributed by atoms with van der Waals surface area (Å²) in [6.45, 7) is 13.5. The van der Waals surface area contributed by atoms with E-state index in [1.54, 1.807) is 26.0 Å². The molecule has 0 bridgehead atoms. The minimum absolute atomic E-state index is 0.368. The molecule has 176 valence electrons. The summed E-state index contributed by atoms with van der Waals surface area (Å²) in [6, 6.07) is 7.87. The van der Waals surface area contributed by atoms with Crippen LogP contribution in [0.2, 0.25) is 0 Å². The molecule has 0 spiro atoms. The van der Waals surface area contributed by atoms with Gasteiger partial charge in [-0.25, -0.2) is 0 Å². The quantitative estimate of drug-likeness (QED) is 0.478. The molecule has 4 unspecified atom stereocenters. The fourth-order valence-electron chi connectivity index (χ4n) is 2.43. The van der Waals surface area contributed by atoms with Crippen molar-refractivity contribution in [2.45, 2.75) is 90.4 Å². The Morgan fingerprint density at radius 1 is 0.562 bits per heavy atom. The zero-order valence-electron chi connectivity index (χ0n) is 20.5. The Labute approximate surface area is 191 Å². The van der Waals surface area contributed by atoms with Crippen LogP contribution in [0.4, 0.5) is 0 Å². The monoisotopic (exact) mass is 444 g/mol. The molecule has 0 radical (unpaired) electrons. The van der Waals surface area contributed by atoms with Crippen LogP contribution in [0.3, 0.4) is 0 Å². The van der Waals surface area contributed by atoms with Gasteiger partial charge in [0.25, 0.3) is 0 Å². The molecule has 0 aliphatic carbocycles. The van der Waals surface area contributed by atoms with Crippen molar-refractivity contribution in [2.24, 2.45) is 32.3 Å². The lowest BCUT2D eigenvalue weighted by Gasteiger charge is -2.22. The number of aliphatic hydroxyl groups is 2. The van der Waals surface area contributed by atoms with Crippen molar-refractivity contribution in [3.63, 3.8) is 0 Å². The third-order valence-electron chi connectivity index (χ3n) is 4.17. The van der Waals surface area contributed by atoms with E-state index in [2.05, 4.69) is 32.6 Å². The number of rotatable bonds is 10. The summed E-state index contributed by atoms with van der Waals surface area (Å²) in [4.78, 5) is 0. The molecule has 4 atom stereocenters. The van der Waals surface area contributed by atoms with Crippen molar-refractivity contribution >= 4 is 0 Å². The predicted octanol–water partition coefficient (Wildman–Crippen LogP) is 4.08. The highest BCUT2D eigenvalue weighted by Gasteiger charge is 2.30. The van der Waals surface area contributed by atoms with Crippen LogP contribution in [0.5, 0.6) is 0 Å². The van der Waals surface area contributed by atoms with Gasteiger partial charge in [-0.3, -0.25) is 0 Å². The van der Waals surface area contributed by atoms with E-state index in [1.807, 2.05) is 27.7 Å². The molecule has 0 heterocycles. The lowest BCUT2D eigenvalue weighted by atomic mass is 9.92. The van der Waals surface area contributed by atoms with Crippen LogP contribution < -0.4 is 0 Å². The van der Waals surface area contributed by atoms with E-state index in [-0.39, 0.29) is 0 Å². The van der Waals surface area contributed by atoms with Gasteiger partial charge in [-0.15, -0.1) is 0 Å². The average molecular weight is 445 g/mol. The summed E-state index contributed by atoms with van der Waals surface area (Å²) in [6.07, 6.45) is 1.30. The van der Waals surface area contributed by atoms with Gasteiger partial charge in [-0.2, -0.15) is 41.5 Å². The van der Waals surface area contributed by atoms with Crippen molar-refractivity contribution in [2.75, 3.05) is 13.2 Å². The summed E-state index contributed by atoms with van der Waals surface area (Å²) >= 11 is 0. The lowest BCUT2D eigenvalue weighted by molar-refractivity contribution is 0.217. The highest BCUT2D eigenvalue weighted by molar-refractivity contribution is 5.08. The van der Waals surface area contributed by atoms with Crippen molar-refractivity contribution < 1.29 is 10.2 Å². The standard InChI is InChI=1S/C14H24N4.C8H12N4O2/c1-11(2)7-13(5,9-15)17-18-14(6,10-16)8-12(3)4;1-7(3-9,5-13)11-12-8(2,4-10)6-14/h11-12H,7-8H2,1-6H3;13-14H,5-6H2,1-2H3. The Morgan fingerprint density at radius 3 is 0.938 bits per heavy atom. The Kier molecular flexibility index (Phi) is 13.2. The fourth-order valence-corrected chi connectivity index (χ4v) is 2.43. The molecule has 10 nitrogen and oxygen atoms in total. The van der Waals surface area contributed by atoms with Gasteiger partial charge in [-0.05, 0) is 52.4 Å². The second kappa shape index (κ2) is 13.5. The third kappa shape index (κ3) is 12.1. The summed E-state index contributed by atoms with van der Waals surface area (Å²) < 4.78 is 0. The molecule has 0 saturated carbocycles. The van der Waals surface area contributed by atoms with Gasteiger partial charge in [0.1, 0.15) is 0 Å². The van der Waals surface area contributed by atoms with Crippen LogP contribution >= 0.6 is 0 Å². The largest absolute Gasteiger partial charge is 0.393 e. The number of nitrogens with zero attached hydrogens (tertiary/aromatic N) is 8. The van der Waals surface area contributed by atoms with E-state index >= 15 is 0 Å². The molecule has 0 aromatic heterocycles. The Hall–Kier alpha value is -2.92. The van der Waals surface area contributed by atoms with Crippen LogP contribution in [0.15, 0.2) is 20.5 Å². The van der Waals surface area contributed by atoms with Gasteiger partial charge in [0.15, 0.2) is 22.2 Å². The van der Waals surface area contributed by atoms with E-state index in [0.717, 1.165) is 0 Å². The van der Waals surface area contributed by atoms with Crippen molar-refractivity contribution in [1.82, 2.24) is 0 Å². The van der Waals surface area contributed by atoms with Crippen LogP contribution in [0.25, 0.3) is 0 Å². The summed E-state index contributed by atoms with van der Waals surface area (Å²) in [5.41, 5.74) is -4.37. The van der Waals surface area contributed by atoms with Gasteiger partial charge >= 0.3 is 0 Å². The summed E-state index contributed by atoms with van der Waals surface area (Å²) in [5.74, 6) is 0.735. The Balaban J connectivity index is 0. The zero-order chi connectivity index (χ0) is 25.6. The first kappa shape index (κ1) is 31.3. The van der Waals surface area contributed by atoms with E-state index in [9.17, 15) is 10.5 Å². The van der Waals surface area contributed by atoms with E-state index in [1.165, 1.54) is 13.8 Å². The van der Waals surface area contributed by atoms with E-state index < -0.39 is 35.4 Å². The first-order chi connectivity index (χ1) is 14.6. The van der Waals surface area contributed by atoms with Crippen LogP contribution in [0, 0.1) is 57.2 Å². The second-order valence-electron chi connectivity index (χ2n) is 9.45. The summed E-state index contributed by atoms with van der Waals surface area (Å²) in [7, 11) is 0. The minimum Gasteiger partial charge on any atom is -0.393 e. The second-order valence-corrected chi connectivity index (χ2v) is 9.45. The highest BCUT2D eigenvalue weighted by Crippen LogP contribution is 2.26. The normalized spacial score (nSPS) is 18.8. The molecule has 0 amide bonds. The molecule has 32 heavy (non-hydrogen) atoms. The number of aliphatic hydroxyl groups excluding tert-OH is 2. The molecular formula is C22H36N8O2. The number of nitriles is 4. The molecule has 0 aromatic carbocycles. The third-order valence-corrected chi connectivity index (χ3v) is 4.17. The maximum atomic E-state index is 9.20. The molecule has 0 fully saturated rings. The SMILES string of the molecule is CC(C#N)(CO)N=NC(C)(C#N)CO.CC(C)CC(C)(C#N)N=NC(C)(C#N)CC(C)C.